The Morgan fingerprint density at radius 2 is 2.20 bits per heavy atom. The second-order valence-corrected chi connectivity index (χ2v) is 3.11. The Kier molecular flexibility index (Phi) is 2.54. The number of hydrogen-bond acceptors (Lipinski definition) is 0. The first-order chi connectivity index (χ1) is 4.40. The summed E-state index contributed by atoms with van der Waals surface area (Å²) >= 11 is 0. The number of hydrogen-bond donors (Lipinski definition) is 0. The van der Waals surface area contributed by atoms with Gasteiger partial charge in [-0.05, 0) is 19.3 Å². The van der Waals surface area contributed by atoms with Gasteiger partial charge in [0.25, 0.3) is 0 Å². The fraction of sp³-hybridized carbons (Fsp3) is 0.556. The predicted octanol–water partition coefficient (Wildman–Crippen LogP) is 2.47. The van der Waals surface area contributed by atoms with E-state index in [2.05, 4.69) is 0 Å². The van der Waals surface area contributed by atoms with Crippen molar-refractivity contribution in [3.05, 3.63) is 23.8 Å². The molecule has 0 aromatic heterocycles. The van der Waals surface area contributed by atoms with Gasteiger partial charge in [0.1, 0.15) is 0 Å². The van der Waals surface area contributed by atoms with Crippen molar-refractivity contribution in [2.75, 3.05) is 0 Å². The molecule has 10 heavy (non-hydrogen) atoms. The summed E-state index contributed by atoms with van der Waals surface area (Å²) in [6, 6.07) is 0. The summed E-state index contributed by atoms with van der Waals surface area (Å²) in [5, 5.41) is 0. The smallest absolute Gasteiger partial charge is 0 e. The molecule has 1 unspecified atom stereocenters. The Hall–Kier alpha value is 0.194. The molecule has 0 N–H and O–H groups in total. The van der Waals surface area contributed by atoms with Gasteiger partial charge in [-0.1, -0.05) is 12.3 Å². The third-order valence-electron chi connectivity index (χ3n) is 2.55. The Bertz CT molecular complexity index is 179. The van der Waals surface area contributed by atoms with E-state index in [1.54, 1.807) is 11.6 Å². The van der Waals surface area contributed by atoms with Crippen LogP contribution in [0.3, 0.4) is 0 Å². The monoisotopic (exact) mass is 167 g/mol. The molecule has 1 atom stereocenters. The quantitative estimate of drug-likeness (QED) is 0.415. The Morgan fingerprint density at radius 3 is 2.50 bits per heavy atom. The zero-order valence-corrected chi connectivity index (χ0v) is 7.62. The number of rotatable bonds is 1. The molecule has 0 saturated heterocycles. The van der Waals surface area contributed by atoms with Gasteiger partial charge in [-0.15, -0.1) is 5.57 Å². The van der Waals surface area contributed by atoms with Crippen LogP contribution in [0.2, 0.25) is 0 Å². The minimum Gasteiger partial charge on any atom is -0.293 e. The van der Waals surface area contributed by atoms with Crippen LogP contribution >= 0.6 is 0 Å². The van der Waals surface area contributed by atoms with Gasteiger partial charge in [-0.3, -0.25) is 6.58 Å². The summed E-state index contributed by atoms with van der Waals surface area (Å²) in [6.45, 7) is 5.44. The second kappa shape index (κ2) is 3.06. The molecular formula is C9H11Ti-. The van der Waals surface area contributed by atoms with Gasteiger partial charge >= 0.3 is 0 Å². The topological polar surface area (TPSA) is 0 Å². The van der Waals surface area contributed by atoms with Crippen LogP contribution in [0.25, 0.3) is 0 Å². The molecule has 0 aromatic carbocycles. The zero-order valence-electron chi connectivity index (χ0n) is 6.06. The molecule has 1 heteroatoms. The normalized spacial score (nSPS) is 28.6. The Balaban J connectivity index is 0.000000500. The largest absolute Gasteiger partial charge is 0.293 e. The summed E-state index contributed by atoms with van der Waals surface area (Å²) in [7, 11) is 0. The van der Waals surface area contributed by atoms with Crippen LogP contribution in [0.1, 0.15) is 25.7 Å². The molecule has 1 fully saturated rings. The van der Waals surface area contributed by atoms with Gasteiger partial charge in [0.05, 0.1) is 0 Å². The van der Waals surface area contributed by atoms with Gasteiger partial charge in [0.15, 0.2) is 0 Å². The number of fused-ring (bicyclic) bond motifs is 2. The first-order valence-electron chi connectivity index (χ1n) is 3.66. The van der Waals surface area contributed by atoms with Gasteiger partial charge in [-0.2, -0.15) is 5.57 Å². The molecule has 0 spiro atoms. The van der Waals surface area contributed by atoms with Gasteiger partial charge in [-0.25, -0.2) is 6.08 Å². The van der Waals surface area contributed by atoms with Crippen LogP contribution in [0.4, 0.5) is 0 Å². The first kappa shape index (κ1) is 8.29. The Morgan fingerprint density at radius 1 is 1.40 bits per heavy atom. The van der Waals surface area contributed by atoms with E-state index in [1.807, 2.05) is 0 Å². The van der Waals surface area contributed by atoms with Crippen LogP contribution in [-0.2, 0) is 21.7 Å². The molecular weight excluding hydrogens is 156 g/mol. The van der Waals surface area contributed by atoms with E-state index in [9.17, 15) is 0 Å². The molecule has 2 aliphatic carbocycles. The van der Waals surface area contributed by atoms with Gasteiger partial charge in [0.2, 0.25) is 0 Å². The van der Waals surface area contributed by atoms with Crippen LogP contribution < -0.4 is 0 Å². The standard InChI is InChI=1S/C9H11.Ti/c1-2-8-5-7-3-4-9(8)6-7;/h1-2,7H,3-6H2;/q-1;. The molecule has 0 heterocycles. The average Bonchev–Trinajstić information content (AvgIpc) is 2.45. The van der Waals surface area contributed by atoms with Crippen molar-refractivity contribution in [3.63, 3.8) is 0 Å². The van der Waals surface area contributed by atoms with Crippen molar-refractivity contribution in [2.24, 2.45) is 5.92 Å². The fourth-order valence-electron chi connectivity index (χ4n) is 2.04. The maximum atomic E-state index is 5.44. The van der Waals surface area contributed by atoms with E-state index in [-0.39, 0.29) is 21.7 Å². The van der Waals surface area contributed by atoms with Crippen LogP contribution in [0.5, 0.6) is 0 Å². The molecule has 2 rings (SSSR count). The van der Waals surface area contributed by atoms with E-state index >= 15 is 0 Å². The summed E-state index contributed by atoms with van der Waals surface area (Å²) in [4.78, 5) is 0. The summed E-state index contributed by atoms with van der Waals surface area (Å²) in [5.41, 5.74) is 3.09. The van der Waals surface area contributed by atoms with E-state index in [0.29, 0.717) is 0 Å². The maximum absolute atomic E-state index is 5.44. The molecule has 0 amide bonds. The van der Waals surface area contributed by atoms with Gasteiger partial charge < -0.3 is 0 Å². The minimum absolute atomic E-state index is 0. The summed E-state index contributed by atoms with van der Waals surface area (Å²) in [5.74, 6) is 0.967. The summed E-state index contributed by atoms with van der Waals surface area (Å²) in [6.07, 6.45) is 7.17. The van der Waals surface area contributed by atoms with Crippen molar-refractivity contribution in [3.8, 4) is 0 Å². The molecule has 52 valence electrons. The van der Waals surface area contributed by atoms with Gasteiger partial charge in [0, 0.05) is 21.7 Å². The third-order valence-corrected chi connectivity index (χ3v) is 2.55. The van der Waals surface area contributed by atoms with Crippen LogP contribution in [-0.4, -0.2) is 0 Å². The summed E-state index contributed by atoms with van der Waals surface area (Å²) < 4.78 is 0. The predicted molar refractivity (Wildman–Crippen MR) is 37.9 cm³/mol. The first-order valence-corrected chi connectivity index (χ1v) is 3.66. The SMILES string of the molecule is [CH-]=CC1=C2CCC(C1)C2.[Ti]. The fourth-order valence-corrected chi connectivity index (χ4v) is 2.04. The minimum atomic E-state index is 0. The van der Waals surface area contributed by atoms with E-state index in [0.717, 1.165) is 5.92 Å². The molecule has 1 saturated carbocycles. The van der Waals surface area contributed by atoms with Crippen molar-refractivity contribution in [1.82, 2.24) is 0 Å². The van der Waals surface area contributed by atoms with Crippen molar-refractivity contribution >= 4 is 0 Å². The van der Waals surface area contributed by atoms with E-state index in [4.69, 9.17) is 6.58 Å². The molecule has 0 radical (unpaired) electrons. The van der Waals surface area contributed by atoms with Crippen molar-refractivity contribution in [1.29, 1.82) is 0 Å². The van der Waals surface area contributed by atoms with E-state index < -0.39 is 0 Å². The maximum Gasteiger partial charge on any atom is 0 e. The molecule has 0 aromatic rings. The van der Waals surface area contributed by atoms with Crippen molar-refractivity contribution < 1.29 is 21.7 Å². The van der Waals surface area contributed by atoms with Crippen molar-refractivity contribution in [2.45, 2.75) is 25.7 Å². The third kappa shape index (κ3) is 1.15. The number of allylic oxidation sites excluding steroid dienone is 3. The van der Waals surface area contributed by atoms with Crippen LogP contribution in [0.15, 0.2) is 17.2 Å². The second-order valence-electron chi connectivity index (χ2n) is 3.11. The molecule has 2 aliphatic rings. The molecule has 0 aliphatic heterocycles. The molecule has 2 bridgehead atoms. The Labute approximate surface area is 77.3 Å². The zero-order chi connectivity index (χ0) is 6.27. The average molecular weight is 167 g/mol. The van der Waals surface area contributed by atoms with E-state index in [1.165, 1.54) is 31.3 Å². The molecule has 0 nitrogen and oxygen atoms in total. The van der Waals surface area contributed by atoms with Crippen LogP contribution in [0, 0.1) is 12.5 Å².